The Labute approximate surface area is 123 Å². The summed E-state index contributed by atoms with van der Waals surface area (Å²) in [4.78, 5) is 22.4. The minimum atomic E-state index is -0.441. The number of halogens is 1. The van der Waals surface area contributed by atoms with Gasteiger partial charge in [0.2, 0.25) is 5.91 Å². The molecule has 1 aromatic carbocycles. The van der Waals surface area contributed by atoms with Crippen LogP contribution in [0.1, 0.15) is 24.8 Å². The molecule has 0 spiro atoms. The van der Waals surface area contributed by atoms with Crippen LogP contribution in [0.15, 0.2) is 18.2 Å². The molecule has 1 aliphatic heterocycles. The van der Waals surface area contributed by atoms with Crippen LogP contribution in [0.25, 0.3) is 0 Å². The maximum Gasteiger partial charge on any atom is 0.274 e. The molecular formula is C13H18ClN3O3. The van der Waals surface area contributed by atoms with Crippen molar-refractivity contribution in [3.05, 3.63) is 33.9 Å². The topological polar surface area (TPSA) is 84.3 Å². The van der Waals surface area contributed by atoms with Crippen LogP contribution in [0, 0.1) is 17.0 Å². The largest absolute Gasteiger partial charge is 0.324 e. The molecular weight excluding hydrogens is 282 g/mol. The molecule has 0 saturated carbocycles. The molecule has 0 bridgehead atoms. The second-order valence-electron chi connectivity index (χ2n) is 4.75. The number of nitrogens with one attached hydrogen (secondary N) is 2. The number of amides is 1. The molecule has 1 saturated heterocycles. The van der Waals surface area contributed by atoms with Crippen LogP contribution in [0.5, 0.6) is 0 Å². The second-order valence-corrected chi connectivity index (χ2v) is 4.75. The van der Waals surface area contributed by atoms with Crippen LogP contribution >= 0.6 is 12.4 Å². The number of nitrogens with zero attached hydrogens (tertiary/aromatic N) is 1. The number of nitro benzene ring substituents is 1. The van der Waals surface area contributed by atoms with Gasteiger partial charge in [-0.2, -0.15) is 0 Å². The highest BCUT2D eigenvalue weighted by molar-refractivity contribution is 5.95. The van der Waals surface area contributed by atoms with E-state index in [4.69, 9.17) is 0 Å². The molecule has 0 aromatic heterocycles. The number of carbonyl (C=O) groups excluding carboxylic acids is 1. The van der Waals surface area contributed by atoms with Gasteiger partial charge >= 0.3 is 0 Å². The molecule has 1 aromatic rings. The number of aryl methyl sites for hydroxylation is 1. The first-order valence-corrected chi connectivity index (χ1v) is 6.37. The summed E-state index contributed by atoms with van der Waals surface area (Å²) in [5.74, 6) is -0.127. The number of benzene rings is 1. The van der Waals surface area contributed by atoms with E-state index in [-0.39, 0.29) is 30.0 Å². The van der Waals surface area contributed by atoms with E-state index < -0.39 is 4.92 Å². The summed E-state index contributed by atoms with van der Waals surface area (Å²) in [6.07, 6.45) is 2.92. The van der Waals surface area contributed by atoms with Crippen molar-refractivity contribution in [3.63, 3.8) is 0 Å². The number of anilines is 1. The molecule has 2 N–H and O–H groups in total. The molecule has 20 heavy (non-hydrogen) atoms. The average Bonchev–Trinajstić information content (AvgIpc) is 2.41. The van der Waals surface area contributed by atoms with Gasteiger partial charge in [0.15, 0.2) is 0 Å². The number of piperidine rings is 1. The minimum Gasteiger partial charge on any atom is -0.324 e. The quantitative estimate of drug-likeness (QED) is 0.663. The second kappa shape index (κ2) is 7.21. The molecule has 7 heteroatoms. The van der Waals surface area contributed by atoms with Gasteiger partial charge in [0.05, 0.1) is 11.0 Å². The Morgan fingerprint density at radius 3 is 2.80 bits per heavy atom. The van der Waals surface area contributed by atoms with Crippen molar-refractivity contribution in [1.82, 2.24) is 5.32 Å². The fourth-order valence-corrected chi connectivity index (χ4v) is 2.19. The maximum atomic E-state index is 12.0. The Balaban J connectivity index is 0.00000200. The standard InChI is InChI=1S/C13H17N3O3.ClH/c1-9-5-6-10(8-12(9)16(18)19)15-13(17)11-4-2-3-7-14-11;/h5-6,8,11,14H,2-4,7H2,1H3,(H,15,17);1H. The first kappa shape index (κ1) is 16.4. The minimum absolute atomic E-state index is 0. The van der Waals surface area contributed by atoms with Crippen molar-refractivity contribution in [3.8, 4) is 0 Å². The first-order chi connectivity index (χ1) is 9.08. The lowest BCUT2D eigenvalue weighted by Crippen LogP contribution is -2.43. The van der Waals surface area contributed by atoms with E-state index in [1.54, 1.807) is 19.1 Å². The zero-order chi connectivity index (χ0) is 13.8. The molecule has 1 aliphatic rings. The third-order valence-corrected chi connectivity index (χ3v) is 3.30. The summed E-state index contributed by atoms with van der Waals surface area (Å²) >= 11 is 0. The number of rotatable bonds is 3. The van der Waals surface area contributed by atoms with Crippen LogP contribution in [-0.4, -0.2) is 23.4 Å². The maximum absolute atomic E-state index is 12.0. The van der Waals surface area contributed by atoms with Crippen molar-refractivity contribution in [1.29, 1.82) is 0 Å². The molecule has 1 heterocycles. The molecule has 0 aliphatic carbocycles. The Bertz CT molecular complexity index is 502. The molecule has 1 unspecified atom stereocenters. The van der Waals surface area contributed by atoms with Crippen molar-refractivity contribution in [2.24, 2.45) is 0 Å². The van der Waals surface area contributed by atoms with E-state index in [1.165, 1.54) is 6.07 Å². The Morgan fingerprint density at radius 1 is 1.45 bits per heavy atom. The summed E-state index contributed by atoms with van der Waals surface area (Å²) < 4.78 is 0. The lowest BCUT2D eigenvalue weighted by atomic mass is 10.0. The van der Waals surface area contributed by atoms with Crippen LogP contribution in [0.3, 0.4) is 0 Å². The van der Waals surface area contributed by atoms with Gasteiger partial charge in [0, 0.05) is 17.3 Å². The number of carbonyl (C=O) groups is 1. The molecule has 0 radical (unpaired) electrons. The summed E-state index contributed by atoms with van der Waals surface area (Å²) in [6.45, 7) is 2.51. The van der Waals surface area contributed by atoms with E-state index in [2.05, 4.69) is 10.6 Å². The van der Waals surface area contributed by atoms with E-state index in [1.807, 2.05) is 0 Å². The predicted octanol–water partition coefficient (Wildman–Crippen LogP) is 2.41. The smallest absolute Gasteiger partial charge is 0.274 e. The van der Waals surface area contributed by atoms with Crippen molar-refractivity contribution in [2.75, 3.05) is 11.9 Å². The predicted molar refractivity (Wildman–Crippen MR) is 79.4 cm³/mol. The van der Waals surface area contributed by atoms with Gasteiger partial charge in [-0.3, -0.25) is 14.9 Å². The van der Waals surface area contributed by atoms with Gasteiger partial charge < -0.3 is 10.6 Å². The Kier molecular flexibility index (Phi) is 5.91. The number of nitro groups is 1. The fraction of sp³-hybridized carbons (Fsp3) is 0.462. The SMILES string of the molecule is Cc1ccc(NC(=O)C2CCCCN2)cc1[N+](=O)[O-].Cl. The number of hydrogen-bond donors (Lipinski definition) is 2. The molecule has 6 nitrogen and oxygen atoms in total. The van der Waals surface area contributed by atoms with Gasteiger partial charge in [0.1, 0.15) is 0 Å². The van der Waals surface area contributed by atoms with Gasteiger partial charge in [-0.15, -0.1) is 12.4 Å². The van der Waals surface area contributed by atoms with E-state index in [0.29, 0.717) is 11.3 Å². The number of hydrogen-bond acceptors (Lipinski definition) is 4. The first-order valence-electron chi connectivity index (χ1n) is 6.37. The fourth-order valence-electron chi connectivity index (χ4n) is 2.19. The summed E-state index contributed by atoms with van der Waals surface area (Å²) in [5.41, 5.74) is 1.07. The molecule has 1 amide bonds. The molecule has 1 atom stereocenters. The zero-order valence-electron chi connectivity index (χ0n) is 11.2. The highest BCUT2D eigenvalue weighted by atomic mass is 35.5. The van der Waals surface area contributed by atoms with Gasteiger partial charge in [0.25, 0.3) is 5.69 Å². The van der Waals surface area contributed by atoms with E-state index >= 15 is 0 Å². The van der Waals surface area contributed by atoms with Crippen LogP contribution in [0.2, 0.25) is 0 Å². The Morgan fingerprint density at radius 2 is 2.20 bits per heavy atom. The van der Waals surface area contributed by atoms with E-state index in [0.717, 1.165) is 25.8 Å². The van der Waals surface area contributed by atoms with Gasteiger partial charge in [-0.05, 0) is 32.4 Å². The normalized spacial score (nSPS) is 17.9. The van der Waals surface area contributed by atoms with Gasteiger partial charge in [-0.1, -0.05) is 12.5 Å². The molecule has 110 valence electrons. The summed E-state index contributed by atoms with van der Waals surface area (Å²) in [7, 11) is 0. The van der Waals surface area contributed by atoms with Crippen molar-refractivity contribution < 1.29 is 9.72 Å². The average molecular weight is 300 g/mol. The van der Waals surface area contributed by atoms with Crippen molar-refractivity contribution >= 4 is 29.7 Å². The van der Waals surface area contributed by atoms with Crippen molar-refractivity contribution in [2.45, 2.75) is 32.2 Å². The Hall–Kier alpha value is -1.66. The lowest BCUT2D eigenvalue weighted by Gasteiger charge is -2.22. The van der Waals surface area contributed by atoms with Crippen LogP contribution < -0.4 is 10.6 Å². The summed E-state index contributed by atoms with van der Waals surface area (Å²) in [5, 5.41) is 16.7. The third kappa shape index (κ3) is 3.91. The van der Waals surface area contributed by atoms with Crippen LogP contribution in [-0.2, 0) is 4.79 Å². The highest BCUT2D eigenvalue weighted by Crippen LogP contribution is 2.22. The monoisotopic (exact) mass is 299 g/mol. The lowest BCUT2D eigenvalue weighted by molar-refractivity contribution is -0.385. The van der Waals surface area contributed by atoms with Crippen LogP contribution in [0.4, 0.5) is 11.4 Å². The van der Waals surface area contributed by atoms with E-state index in [9.17, 15) is 14.9 Å². The third-order valence-electron chi connectivity index (χ3n) is 3.30. The van der Waals surface area contributed by atoms with Gasteiger partial charge in [-0.25, -0.2) is 0 Å². The summed E-state index contributed by atoms with van der Waals surface area (Å²) in [6, 6.07) is 4.52. The zero-order valence-corrected chi connectivity index (χ0v) is 12.0. The molecule has 2 rings (SSSR count). The highest BCUT2D eigenvalue weighted by Gasteiger charge is 2.21. The molecule has 1 fully saturated rings.